The molecular formula is C14H26O2. The lowest BCUT2D eigenvalue weighted by atomic mass is 10.0. The van der Waals surface area contributed by atoms with Crippen LogP contribution in [0.25, 0.3) is 0 Å². The van der Waals surface area contributed by atoms with Crippen LogP contribution in [0.4, 0.5) is 0 Å². The van der Waals surface area contributed by atoms with Gasteiger partial charge in [0.05, 0.1) is 0 Å². The lowest BCUT2D eigenvalue weighted by molar-refractivity contribution is -0.153. The van der Waals surface area contributed by atoms with Crippen LogP contribution in [0.3, 0.4) is 0 Å². The fraction of sp³-hybridized carbons (Fsp3) is 0.857. The molecule has 0 saturated carbocycles. The molecule has 0 aromatic rings. The highest BCUT2D eigenvalue weighted by atomic mass is 16.7. The lowest BCUT2D eigenvalue weighted by Crippen LogP contribution is -2.29. The average Bonchev–Trinajstić information content (AvgIpc) is 2.76. The van der Waals surface area contributed by atoms with Crippen LogP contribution in [0.1, 0.15) is 71.6 Å². The molecule has 16 heavy (non-hydrogen) atoms. The maximum Gasteiger partial charge on any atom is 0.249 e. The molecule has 0 atom stereocenters. The fourth-order valence-corrected chi connectivity index (χ4v) is 2.14. The van der Waals surface area contributed by atoms with E-state index in [1.54, 1.807) is 12.5 Å². The van der Waals surface area contributed by atoms with Crippen LogP contribution in [0, 0.1) is 0 Å². The summed E-state index contributed by atoms with van der Waals surface area (Å²) in [6.07, 6.45) is 14.3. The van der Waals surface area contributed by atoms with E-state index in [4.69, 9.17) is 9.47 Å². The molecule has 2 nitrogen and oxygen atoms in total. The van der Waals surface area contributed by atoms with E-state index in [0.717, 1.165) is 12.8 Å². The Kier molecular flexibility index (Phi) is 6.36. The predicted octanol–water partition coefficient (Wildman–Crippen LogP) is 4.75. The summed E-state index contributed by atoms with van der Waals surface area (Å²) in [5.74, 6) is -0.317. The zero-order valence-corrected chi connectivity index (χ0v) is 10.8. The Bertz CT molecular complexity index is 191. The van der Waals surface area contributed by atoms with Gasteiger partial charge in [-0.25, -0.2) is 0 Å². The Labute approximate surface area is 100 Å². The maximum atomic E-state index is 5.65. The van der Waals surface area contributed by atoms with Crippen molar-refractivity contribution in [2.45, 2.75) is 77.4 Å². The van der Waals surface area contributed by atoms with Gasteiger partial charge < -0.3 is 9.47 Å². The second kappa shape index (κ2) is 7.59. The van der Waals surface area contributed by atoms with Gasteiger partial charge in [-0.15, -0.1) is 0 Å². The molecule has 2 heteroatoms. The molecule has 0 bridgehead atoms. The van der Waals surface area contributed by atoms with Gasteiger partial charge in [0.25, 0.3) is 0 Å². The minimum atomic E-state index is -0.317. The molecule has 0 aromatic heterocycles. The summed E-state index contributed by atoms with van der Waals surface area (Å²) < 4.78 is 11.3. The molecule has 1 aliphatic rings. The fourth-order valence-electron chi connectivity index (χ4n) is 2.14. The Morgan fingerprint density at radius 2 is 1.31 bits per heavy atom. The van der Waals surface area contributed by atoms with Gasteiger partial charge in [0.15, 0.2) is 0 Å². The van der Waals surface area contributed by atoms with E-state index in [9.17, 15) is 0 Å². The molecule has 0 unspecified atom stereocenters. The number of hydrogen-bond acceptors (Lipinski definition) is 2. The zero-order chi connectivity index (χ0) is 11.7. The van der Waals surface area contributed by atoms with Crippen molar-refractivity contribution in [1.82, 2.24) is 0 Å². The molecule has 0 spiro atoms. The van der Waals surface area contributed by atoms with E-state index in [0.29, 0.717) is 0 Å². The quantitative estimate of drug-likeness (QED) is 0.528. The summed E-state index contributed by atoms with van der Waals surface area (Å²) in [6, 6.07) is 0. The van der Waals surface area contributed by atoms with Crippen molar-refractivity contribution in [3.8, 4) is 0 Å². The third-order valence-corrected chi connectivity index (χ3v) is 3.19. The van der Waals surface area contributed by atoms with Crippen molar-refractivity contribution in [2.24, 2.45) is 0 Å². The smallest absolute Gasteiger partial charge is 0.249 e. The van der Waals surface area contributed by atoms with E-state index in [1.165, 1.54) is 44.9 Å². The SMILES string of the molecule is CCCCCCCC1(CCCC)OC=CO1. The molecule has 0 aliphatic carbocycles. The summed E-state index contributed by atoms with van der Waals surface area (Å²) in [5, 5.41) is 0. The van der Waals surface area contributed by atoms with Crippen LogP contribution < -0.4 is 0 Å². The van der Waals surface area contributed by atoms with Gasteiger partial charge in [-0.2, -0.15) is 0 Å². The van der Waals surface area contributed by atoms with Crippen LogP contribution in [0.2, 0.25) is 0 Å². The maximum absolute atomic E-state index is 5.65. The molecule has 0 N–H and O–H groups in total. The van der Waals surface area contributed by atoms with Crippen molar-refractivity contribution in [1.29, 1.82) is 0 Å². The van der Waals surface area contributed by atoms with Crippen molar-refractivity contribution in [2.75, 3.05) is 0 Å². The van der Waals surface area contributed by atoms with Gasteiger partial charge in [0, 0.05) is 12.8 Å². The predicted molar refractivity (Wildman–Crippen MR) is 66.9 cm³/mol. The molecule has 0 saturated heterocycles. The normalized spacial score (nSPS) is 17.1. The highest BCUT2D eigenvalue weighted by Crippen LogP contribution is 2.31. The molecular weight excluding hydrogens is 200 g/mol. The van der Waals surface area contributed by atoms with Crippen LogP contribution in [0.15, 0.2) is 12.5 Å². The van der Waals surface area contributed by atoms with Gasteiger partial charge in [-0.1, -0.05) is 46.0 Å². The highest BCUT2D eigenvalue weighted by molar-refractivity contribution is 4.83. The molecule has 94 valence electrons. The Morgan fingerprint density at radius 3 is 1.94 bits per heavy atom. The molecule has 0 fully saturated rings. The molecule has 1 heterocycles. The number of unbranched alkanes of at least 4 members (excludes halogenated alkanes) is 5. The van der Waals surface area contributed by atoms with E-state index in [1.807, 2.05) is 0 Å². The third kappa shape index (κ3) is 4.46. The van der Waals surface area contributed by atoms with Crippen molar-refractivity contribution in [3.63, 3.8) is 0 Å². The van der Waals surface area contributed by atoms with Gasteiger partial charge in [0.1, 0.15) is 12.5 Å². The van der Waals surface area contributed by atoms with Gasteiger partial charge in [-0.05, 0) is 12.8 Å². The summed E-state index contributed by atoms with van der Waals surface area (Å²) in [5.41, 5.74) is 0. The largest absolute Gasteiger partial charge is 0.457 e. The first-order chi connectivity index (χ1) is 7.83. The first kappa shape index (κ1) is 13.4. The van der Waals surface area contributed by atoms with Crippen molar-refractivity contribution in [3.05, 3.63) is 12.5 Å². The van der Waals surface area contributed by atoms with Crippen LogP contribution in [-0.2, 0) is 9.47 Å². The minimum absolute atomic E-state index is 0.317. The Balaban J connectivity index is 2.18. The van der Waals surface area contributed by atoms with Crippen molar-refractivity contribution < 1.29 is 9.47 Å². The molecule has 0 amide bonds. The number of hydrogen-bond donors (Lipinski definition) is 0. The standard InChI is InChI=1S/C14H26O2/c1-3-5-7-8-9-11-14(10-6-4-2)15-12-13-16-14/h12-13H,3-11H2,1-2H3. The van der Waals surface area contributed by atoms with E-state index < -0.39 is 0 Å². The second-order valence-corrected chi connectivity index (χ2v) is 4.69. The summed E-state index contributed by atoms with van der Waals surface area (Å²) in [6.45, 7) is 4.45. The summed E-state index contributed by atoms with van der Waals surface area (Å²) in [4.78, 5) is 0. The van der Waals surface area contributed by atoms with E-state index in [-0.39, 0.29) is 5.79 Å². The molecule has 1 rings (SSSR count). The van der Waals surface area contributed by atoms with Gasteiger partial charge in [-0.3, -0.25) is 0 Å². The summed E-state index contributed by atoms with van der Waals surface area (Å²) in [7, 11) is 0. The zero-order valence-electron chi connectivity index (χ0n) is 10.8. The topological polar surface area (TPSA) is 18.5 Å². The lowest BCUT2D eigenvalue weighted by Gasteiger charge is -2.27. The Hall–Kier alpha value is -0.660. The highest BCUT2D eigenvalue weighted by Gasteiger charge is 2.33. The van der Waals surface area contributed by atoms with Gasteiger partial charge >= 0.3 is 0 Å². The van der Waals surface area contributed by atoms with Crippen molar-refractivity contribution >= 4 is 0 Å². The third-order valence-electron chi connectivity index (χ3n) is 3.19. The monoisotopic (exact) mass is 226 g/mol. The van der Waals surface area contributed by atoms with Crippen LogP contribution >= 0.6 is 0 Å². The van der Waals surface area contributed by atoms with E-state index in [2.05, 4.69) is 13.8 Å². The first-order valence-corrected chi connectivity index (χ1v) is 6.83. The van der Waals surface area contributed by atoms with Gasteiger partial charge in [0.2, 0.25) is 5.79 Å². The minimum Gasteiger partial charge on any atom is -0.457 e. The summed E-state index contributed by atoms with van der Waals surface area (Å²) >= 11 is 0. The molecule has 0 radical (unpaired) electrons. The second-order valence-electron chi connectivity index (χ2n) is 4.69. The number of rotatable bonds is 9. The first-order valence-electron chi connectivity index (χ1n) is 6.83. The average molecular weight is 226 g/mol. The van der Waals surface area contributed by atoms with E-state index >= 15 is 0 Å². The molecule has 1 aliphatic heterocycles. The molecule has 0 aromatic carbocycles. The van der Waals surface area contributed by atoms with Crippen LogP contribution in [0.5, 0.6) is 0 Å². The Morgan fingerprint density at radius 1 is 0.750 bits per heavy atom. The van der Waals surface area contributed by atoms with Crippen LogP contribution in [-0.4, -0.2) is 5.79 Å². The number of ether oxygens (including phenoxy) is 2.